The van der Waals surface area contributed by atoms with Crippen molar-refractivity contribution in [1.82, 2.24) is 0 Å². The van der Waals surface area contributed by atoms with E-state index in [0.29, 0.717) is 6.42 Å². The Morgan fingerprint density at radius 1 is 0.667 bits per heavy atom. The van der Waals surface area contributed by atoms with Crippen LogP contribution in [0.15, 0.2) is 145 Å². The lowest BCUT2D eigenvalue weighted by Crippen LogP contribution is -2.69. The predicted molar refractivity (Wildman–Crippen MR) is 143 cm³/mol. The van der Waals surface area contributed by atoms with Crippen molar-refractivity contribution in [2.45, 2.75) is 19.8 Å². The van der Waals surface area contributed by atoms with Gasteiger partial charge in [0, 0.05) is 6.42 Å². The van der Waals surface area contributed by atoms with Crippen LogP contribution < -0.4 is 15.6 Å². The van der Waals surface area contributed by atoms with Crippen LogP contribution in [0, 0.1) is 0 Å². The monoisotopic (exact) mass is 446 g/mol. The first-order chi connectivity index (χ1) is 16.2. The molecule has 0 N–H and O–H groups in total. The molecule has 4 rings (SSSR count). The van der Waals surface area contributed by atoms with E-state index in [-0.39, 0.29) is 0 Å². The molecule has 0 saturated carbocycles. The fourth-order valence-electron chi connectivity index (χ4n) is 4.19. The highest BCUT2D eigenvalue weighted by atomic mass is 28.4. The third-order valence-electron chi connectivity index (χ3n) is 5.71. The average Bonchev–Trinajstić information content (AvgIpc) is 2.87. The van der Waals surface area contributed by atoms with Crippen LogP contribution in [0.4, 0.5) is 0 Å². The molecule has 33 heavy (non-hydrogen) atoms. The normalized spacial score (nSPS) is 11.7. The van der Waals surface area contributed by atoms with Gasteiger partial charge in [0.05, 0.1) is 5.76 Å². The molecule has 4 aromatic rings. The van der Waals surface area contributed by atoms with Crippen molar-refractivity contribution in [3.8, 4) is 0 Å². The second kappa shape index (κ2) is 10.8. The summed E-state index contributed by atoms with van der Waals surface area (Å²) in [5, 5.41) is 3.69. The fraction of sp³-hybridized carbons (Fsp3) is 0.0968. The quantitative estimate of drug-likeness (QED) is 0.137. The molecule has 0 bridgehead atoms. The van der Waals surface area contributed by atoms with Crippen LogP contribution in [-0.2, 0) is 10.8 Å². The van der Waals surface area contributed by atoms with E-state index in [1.165, 1.54) is 21.1 Å². The van der Waals surface area contributed by atoms with Crippen LogP contribution >= 0.6 is 0 Å². The summed E-state index contributed by atoms with van der Waals surface area (Å²) >= 11 is 0. The summed E-state index contributed by atoms with van der Waals surface area (Å²) < 4.78 is 7.27. The van der Waals surface area contributed by atoms with E-state index in [1.807, 2.05) is 0 Å². The Morgan fingerprint density at radius 3 is 1.45 bits per heavy atom. The second-order valence-electron chi connectivity index (χ2n) is 8.38. The highest BCUT2D eigenvalue weighted by molar-refractivity contribution is 7.07. The summed E-state index contributed by atoms with van der Waals surface area (Å²) in [5.41, 5.74) is 2.36. The number of rotatable bonds is 9. The Morgan fingerprint density at radius 2 is 1.06 bits per heavy atom. The van der Waals surface area contributed by atoms with Gasteiger partial charge in [-0.1, -0.05) is 133 Å². The maximum Gasteiger partial charge on any atom is 0.346 e. The van der Waals surface area contributed by atoms with Gasteiger partial charge in [-0.05, 0) is 40.5 Å². The van der Waals surface area contributed by atoms with Gasteiger partial charge in [-0.25, -0.2) is 0 Å². The van der Waals surface area contributed by atoms with Crippen molar-refractivity contribution in [3.05, 3.63) is 151 Å². The zero-order valence-electron chi connectivity index (χ0n) is 19.2. The van der Waals surface area contributed by atoms with Gasteiger partial charge in [0.1, 0.15) is 0 Å². The molecule has 0 atom stereocenters. The van der Waals surface area contributed by atoms with Gasteiger partial charge in [-0.15, -0.1) is 0 Å². The van der Waals surface area contributed by atoms with E-state index in [1.54, 1.807) is 0 Å². The largest absolute Gasteiger partial charge is 0.534 e. The number of allylic oxidation sites excluding steroid dienone is 2. The van der Waals surface area contributed by atoms with Crippen LogP contribution in [0.2, 0.25) is 0 Å². The van der Waals surface area contributed by atoms with Crippen molar-refractivity contribution >= 4 is 23.9 Å². The lowest BCUT2D eigenvalue weighted by molar-refractivity contribution is 0.421. The molecule has 4 aromatic carbocycles. The Bertz CT molecular complexity index is 1090. The number of benzene rings is 4. The Kier molecular flexibility index (Phi) is 7.39. The highest BCUT2D eigenvalue weighted by Gasteiger charge is 2.44. The summed E-state index contributed by atoms with van der Waals surface area (Å²) in [4.78, 5) is 0. The van der Waals surface area contributed by atoms with E-state index < -0.39 is 8.32 Å². The Balaban J connectivity index is 1.88. The van der Waals surface area contributed by atoms with Crippen molar-refractivity contribution in [2.24, 2.45) is 0 Å². The van der Waals surface area contributed by atoms with Crippen LogP contribution in [0.3, 0.4) is 0 Å². The first-order valence-electron chi connectivity index (χ1n) is 11.4. The molecule has 0 radical (unpaired) electrons. The lowest BCUT2D eigenvalue weighted by Gasteiger charge is -2.34. The minimum atomic E-state index is -2.80. The zero-order chi connectivity index (χ0) is 22.9. The first kappa shape index (κ1) is 22.6. The zero-order valence-corrected chi connectivity index (χ0v) is 20.2. The predicted octanol–water partition coefficient (Wildman–Crippen LogP) is 5.76. The van der Waals surface area contributed by atoms with Gasteiger partial charge in [-0.2, -0.15) is 0 Å². The molecule has 164 valence electrons. The van der Waals surface area contributed by atoms with Crippen LogP contribution in [0.1, 0.15) is 18.9 Å². The van der Waals surface area contributed by atoms with Gasteiger partial charge in [0.2, 0.25) is 0 Å². The summed E-state index contributed by atoms with van der Waals surface area (Å²) in [6.07, 6.45) is 3.78. The molecular formula is C31H30OSi. The minimum Gasteiger partial charge on any atom is -0.534 e. The molecule has 0 aliphatic heterocycles. The van der Waals surface area contributed by atoms with Gasteiger partial charge < -0.3 is 4.43 Å². The summed E-state index contributed by atoms with van der Waals surface area (Å²) in [6.45, 7) is 6.26. The van der Waals surface area contributed by atoms with E-state index in [4.69, 9.17) is 4.43 Å². The van der Waals surface area contributed by atoms with E-state index >= 15 is 0 Å². The Hall–Kier alpha value is -3.62. The standard InChI is InChI=1S/C31H30OSi/c1-26(2)25-28(24-23-27-15-7-3-8-16-27)32-33(29-17-9-4-10-18-29,30-19-11-5-12-20-30)31-21-13-6-14-22-31/h3-22,24H,1,23,25H2,2H3/b28-24-. The van der Waals surface area contributed by atoms with E-state index in [2.05, 4.69) is 141 Å². The van der Waals surface area contributed by atoms with E-state index in [9.17, 15) is 0 Å². The topological polar surface area (TPSA) is 9.23 Å². The van der Waals surface area contributed by atoms with Crippen molar-refractivity contribution in [1.29, 1.82) is 0 Å². The average molecular weight is 447 g/mol. The van der Waals surface area contributed by atoms with Gasteiger partial charge in [-0.3, -0.25) is 0 Å². The molecule has 0 aromatic heterocycles. The van der Waals surface area contributed by atoms with Gasteiger partial charge in [0.25, 0.3) is 0 Å². The highest BCUT2D eigenvalue weighted by Crippen LogP contribution is 2.20. The SMILES string of the molecule is C=C(C)C/C(=C/Cc1ccccc1)O[Si](c1ccccc1)(c1ccccc1)c1ccccc1. The number of hydrogen-bond acceptors (Lipinski definition) is 1. The smallest absolute Gasteiger partial charge is 0.346 e. The first-order valence-corrected chi connectivity index (χ1v) is 13.3. The number of hydrogen-bond donors (Lipinski definition) is 0. The molecule has 0 amide bonds. The maximum absolute atomic E-state index is 7.27. The third-order valence-corrected chi connectivity index (χ3v) is 9.72. The molecule has 0 saturated heterocycles. The molecule has 0 aliphatic carbocycles. The molecule has 1 nitrogen and oxygen atoms in total. The molecule has 2 heteroatoms. The summed E-state index contributed by atoms with van der Waals surface area (Å²) in [7, 11) is -2.80. The minimum absolute atomic E-state index is 0.716. The molecule has 0 unspecified atom stereocenters. The lowest BCUT2D eigenvalue weighted by atomic mass is 10.1. The van der Waals surface area contributed by atoms with E-state index in [0.717, 1.165) is 17.8 Å². The third kappa shape index (κ3) is 5.42. The van der Waals surface area contributed by atoms with Crippen molar-refractivity contribution in [2.75, 3.05) is 0 Å². The van der Waals surface area contributed by atoms with Crippen LogP contribution in [0.5, 0.6) is 0 Å². The molecule has 0 spiro atoms. The summed E-state index contributed by atoms with van der Waals surface area (Å²) in [5.74, 6) is 0.981. The summed E-state index contributed by atoms with van der Waals surface area (Å²) in [6, 6.07) is 42.7. The molecule has 0 aliphatic rings. The van der Waals surface area contributed by atoms with Crippen LogP contribution in [-0.4, -0.2) is 8.32 Å². The fourth-order valence-corrected chi connectivity index (χ4v) is 8.07. The maximum atomic E-state index is 7.27. The Labute approximate surface area is 198 Å². The van der Waals surface area contributed by atoms with Gasteiger partial charge >= 0.3 is 8.32 Å². The molecular weight excluding hydrogens is 416 g/mol. The second-order valence-corrected chi connectivity index (χ2v) is 11.7. The van der Waals surface area contributed by atoms with Crippen molar-refractivity contribution in [3.63, 3.8) is 0 Å². The van der Waals surface area contributed by atoms with Crippen molar-refractivity contribution < 1.29 is 4.43 Å². The van der Waals surface area contributed by atoms with Gasteiger partial charge in [0.15, 0.2) is 0 Å². The molecule has 0 heterocycles. The van der Waals surface area contributed by atoms with Crippen LogP contribution in [0.25, 0.3) is 0 Å². The molecule has 0 fully saturated rings.